The van der Waals surface area contributed by atoms with Gasteiger partial charge in [0.1, 0.15) is 12.4 Å². The van der Waals surface area contributed by atoms with Crippen molar-refractivity contribution in [2.75, 3.05) is 0 Å². The molecule has 0 unspecified atom stereocenters. The zero-order chi connectivity index (χ0) is 13.0. The van der Waals surface area contributed by atoms with E-state index in [1.807, 2.05) is 12.1 Å². The number of pyridine rings is 1. The zero-order valence-electron chi connectivity index (χ0n) is 9.34. The molecule has 0 spiro atoms. The van der Waals surface area contributed by atoms with Gasteiger partial charge in [-0.2, -0.15) is 0 Å². The minimum atomic E-state index is -0.976. The third-order valence-corrected chi connectivity index (χ3v) is 2.98. The molecule has 4 nitrogen and oxygen atoms in total. The fraction of sp³-hybridized carbons (Fsp3) is 0.0769. The summed E-state index contributed by atoms with van der Waals surface area (Å²) in [5.74, 6) is -0.469. The maximum Gasteiger partial charge on any atom is 0.335 e. The molecular weight excluding hydrogens is 298 g/mol. The molecule has 0 bridgehead atoms. The van der Waals surface area contributed by atoms with Crippen molar-refractivity contribution in [1.29, 1.82) is 0 Å². The van der Waals surface area contributed by atoms with E-state index in [9.17, 15) is 4.79 Å². The standard InChI is InChI=1S/C13H10BrNO3/c14-11-2-1-10(13(16)17)7-12(11)18-8-9-3-5-15-6-4-9/h1-7H,8H2,(H,16,17). The Bertz CT molecular complexity index is 557. The molecule has 0 amide bonds. The molecule has 0 atom stereocenters. The second-order valence-corrected chi connectivity index (χ2v) is 4.45. The highest BCUT2D eigenvalue weighted by molar-refractivity contribution is 9.10. The number of ether oxygens (including phenoxy) is 1. The maximum absolute atomic E-state index is 10.9. The normalized spacial score (nSPS) is 10.1. The lowest BCUT2D eigenvalue weighted by Crippen LogP contribution is -2.00. The van der Waals surface area contributed by atoms with Crippen molar-refractivity contribution < 1.29 is 14.6 Å². The molecule has 1 aromatic carbocycles. The number of benzene rings is 1. The van der Waals surface area contributed by atoms with Crippen molar-refractivity contribution in [2.45, 2.75) is 6.61 Å². The van der Waals surface area contributed by atoms with E-state index in [1.165, 1.54) is 12.1 Å². The van der Waals surface area contributed by atoms with Gasteiger partial charge in [0, 0.05) is 12.4 Å². The molecule has 0 saturated heterocycles. The third-order valence-electron chi connectivity index (χ3n) is 2.32. The van der Waals surface area contributed by atoms with Gasteiger partial charge in [0.15, 0.2) is 0 Å². The lowest BCUT2D eigenvalue weighted by atomic mass is 10.2. The lowest BCUT2D eigenvalue weighted by Gasteiger charge is -2.08. The van der Waals surface area contributed by atoms with E-state index in [0.717, 1.165) is 10.0 Å². The Kier molecular flexibility index (Phi) is 3.94. The summed E-state index contributed by atoms with van der Waals surface area (Å²) >= 11 is 3.32. The second kappa shape index (κ2) is 5.64. The minimum absolute atomic E-state index is 0.197. The van der Waals surface area contributed by atoms with Crippen molar-refractivity contribution in [1.82, 2.24) is 4.98 Å². The molecule has 1 N–H and O–H groups in total. The van der Waals surface area contributed by atoms with Crippen LogP contribution < -0.4 is 4.74 Å². The predicted octanol–water partition coefficient (Wildman–Crippen LogP) is 3.12. The summed E-state index contributed by atoms with van der Waals surface area (Å²) in [6, 6.07) is 8.36. The molecule has 0 aliphatic rings. The first-order valence-electron chi connectivity index (χ1n) is 5.21. The molecule has 1 heterocycles. The van der Waals surface area contributed by atoms with E-state index in [2.05, 4.69) is 20.9 Å². The summed E-state index contributed by atoms with van der Waals surface area (Å²) in [5, 5.41) is 8.91. The summed E-state index contributed by atoms with van der Waals surface area (Å²) in [4.78, 5) is 14.8. The molecule has 0 radical (unpaired) electrons. The first-order chi connectivity index (χ1) is 8.66. The van der Waals surface area contributed by atoms with E-state index in [4.69, 9.17) is 9.84 Å². The van der Waals surface area contributed by atoms with E-state index in [1.54, 1.807) is 18.5 Å². The van der Waals surface area contributed by atoms with Gasteiger partial charge in [-0.25, -0.2) is 4.79 Å². The first-order valence-corrected chi connectivity index (χ1v) is 6.00. The quantitative estimate of drug-likeness (QED) is 0.943. The largest absolute Gasteiger partial charge is 0.488 e. The number of carboxylic acid groups (broad SMARTS) is 1. The van der Waals surface area contributed by atoms with Crippen molar-refractivity contribution in [3.8, 4) is 5.75 Å². The van der Waals surface area contributed by atoms with Gasteiger partial charge in [0.2, 0.25) is 0 Å². The van der Waals surface area contributed by atoms with Crippen LogP contribution in [0.15, 0.2) is 47.2 Å². The number of rotatable bonds is 4. The number of hydrogen-bond donors (Lipinski definition) is 1. The van der Waals surface area contributed by atoms with Gasteiger partial charge in [0.05, 0.1) is 10.0 Å². The van der Waals surface area contributed by atoms with Gasteiger partial charge in [0.25, 0.3) is 0 Å². The Labute approximate surface area is 112 Å². The monoisotopic (exact) mass is 307 g/mol. The molecule has 18 heavy (non-hydrogen) atoms. The van der Waals surface area contributed by atoms with Crippen LogP contribution in [0, 0.1) is 0 Å². The summed E-state index contributed by atoms with van der Waals surface area (Å²) < 4.78 is 6.30. The molecule has 0 saturated carbocycles. The summed E-state index contributed by atoms with van der Waals surface area (Å²) in [5.41, 5.74) is 1.17. The van der Waals surface area contributed by atoms with E-state index in [-0.39, 0.29) is 5.56 Å². The van der Waals surface area contributed by atoms with Crippen LogP contribution in [0.1, 0.15) is 15.9 Å². The summed E-state index contributed by atoms with van der Waals surface area (Å²) in [6.45, 7) is 0.365. The van der Waals surface area contributed by atoms with Crippen molar-refractivity contribution in [3.05, 3.63) is 58.3 Å². The fourth-order valence-corrected chi connectivity index (χ4v) is 1.75. The van der Waals surface area contributed by atoms with Crippen molar-refractivity contribution in [2.24, 2.45) is 0 Å². The molecule has 1 aromatic heterocycles. The molecule has 2 aromatic rings. The Morgan fingerprint density at radius 3 is 2.67 bits per heavy atom. The van der Waals surface area contributed by atoms with Crippen LogP contribution in [0.25, 0.3) is 0 Å². The van der Waals surface area contributed by atoms with Gasteiger partial charge >= 0.3 is 5.97 Å². The number of hydrogen-bond acceptors (Lipinski definition) is 3. The Balaban J connectivity index is 2.14. The number of halogens is 1. The van der Waals surface area contributed by atoms with Crippen LogP contribution in [0.3, 0.4) is 0 Å². The Morgan fingerprint density at radius 1 is 1.28 bits per heavy atom. The highest BCUT2D eigenvalue weighted by atomic mass is 79.9. The van der Waals surface area contributed by atoms with Crippen LogP contribution in [-0.4, -0.2) is 16.1 Å². The predicted molar refractivity (Wildman–Crippen MR) is 69.7 cm³/mol. The number of carboxylic acids is 1. The second-order valence-electron chi connectivity index (χ2n) is 3.59. The van der Waals surface area contributed by atoms with Gasteiger partial charge in [-0.3, -0.25) is 4.98 Å². The summed E-state index contributed by atoms with van der Waals surface area (Å²) in [7, 11) is 0. The molecular formula is C13H10BrNO3. The third kappa shape index (κ3) is 3.07. The van der Waals surface area contributed by atoms with Crippen LogP contribution in [0.2, 0.25) is 0 Å². The van der Waals surface area contributed by atoms with Gasteiger partial charge in [-0.1, -0.05) is 0 Å². The van der Waals surface area contributed by atoms with E-state index in [0.29, 0.717) is 12.4 Å². The van der Waals surface area contributed by atoms with Crippen molar-refractivity contribution in [3.63, 3.8) is 0 Å². The van der Waals surface area contributed by atoms with Crippen LogP contribution in [0.5, 0.6) is 5.75 Å². The topological polar surface area (TPSA) is 59.4 Å². The SMILES string of the molecule is O=C(O)c1ccc(Br)c(OCc2ccncc2)c1. The number of aromatic carboxylic acids is 1. The van der Waals surface area contributed by atoms with E-state index >= 15 is 0 Å². The van der Waals surface area contributed by atoms with Gasteiger partial charge in [-0.05, 0) is 51.8 Å². The van der Waals surface area contributed by atoms with Crippen molar-refractivity contribution >= 4 is 21.9 Å². The zero-order valence-corrected chi connectivity index (χ0v) is 10.9. The molecule has 92 valence electrons. The van der Waals surface area contributed by atoms with Crippen LogP contribution in [0.4, 0.5) is 0 Å². The Hall–Kier alpha value is -1.88. The molecule has 0 fully saturated rings. The molecule has 0 aliphatic carbocycles. The van der Waals surface area contributed by atoms with Crippen LogP contribution in [-0.2, 0) is 6.61 Å². The maximum atomic E-state index is 10.9. The number of carbonyl (C=O) groups is 1. The highest BCUT2D eigenvalue weighted by Gasteiger charge is 2.08. The molecule has 5 heteroatoms. The highest BCUT2D eigenvalue weighted by Crippen LogP contribution is 2.26. The lowest BCUT2D eigenvalue weighted by molar-refractivity contribution is 0.0696. The van der Waals surface area contributed by atoms with E-state index < -0.39 is 5.97 Å². The minimum Gasteiger partial charge on any atom is -0.488 e. The van der Waals surface area contributed by atoms with Gasteiger partial charge in [-0.15, -0.1) is 0 Å². The summed E-state index contributed by atoms with van der Waals surface area (Å²) in [6.07, 6.45) is 3.36. The first kappa shape index (κ1) is 12.6. The number of aromatic nitrogens is 1. The smallest absolute Gasteiger partial charge is 0.335 e. The average Bonchev–Trinajstić information content (AvgIpc) is 2.38. The van der Waals surface area contributed by atoms with Crippen LogP contribution >= 0.6 is 15.9 Å². The molecule has 0 aliphatic heterocycles. The fourth-order valence-electron chi connectivity index (χ4n) is 1.39. The molecule has 2 rings (SSSR count). The van der Waals surface area contributed by atoms with Gasteiger partial charge < -0.3 is 9.84 Å². The average molecular weight is 308 g/mol. The Morgan fingerprint density at radius 2 is 2.00 bits per heavy atom. The number of nitrogens with zero attached hydrogens (tertiary/aromatic N) is 1.